The second-order valence-electron chi connectivity index (χ2n) is 3.66. The van der Waals surface area contributed by atoms with Crippen LogP contribution in [0.25, 0.3) is 0 Å². The summed E-state index contributed by atoms with van der Waals surface area (Å²) in [5, 5.41) is 12.8. The monoisotopic (exact) mass is 250 g/mol. The first-order chi connectivity index (χ1) is 8.61. The number of ether oxygens (including phenoxy) is 1. The number of carbonyl (C=O) groups is 1. The molecule has 5 nitrogen and oxygen atoms in total. The molecule has 0 saturated carbocycles. The summed E-state index contributed by atoms with van der Waals surface area (Å²) < 4.78 is 19.4. The van der Waals surface area contributed by atoms with Crippen molar-refractivity contribution in [1.29, 1.82) is 0 Å². The van der Waals surface area contributed by atoms with Crippen LogP contribution < -0.4 is 4.74 Å². The molecule has 0 bridgehead atoms. The summed E-state index contributed by atoms with van der Waals surface area (Å²) in [6.07, 6.45) is 1.21. The van der Waals surface area contributed by atoms with Gasteiger partial charge in [-0.3, -0.25) is 0 Å². The number of carboxylic acid groups (broad SMARTS) is 1. The highest BCUT2D eigenvalue weighted by atomic mass is 19.1. The topological polar surface area (TPSA) is 64.3 Å². The highest BCUT2D eigenvalue weighted by Gasteiger charge is 2.17. The molecule has 2 aromatic rings. The minimum Gasteiger partial charge on any atom is -0.481 e. The highest BCUT2D eigenvalue weighted by molar-refractivity contribution is 5.89. The quantitative estimate of drug-likeness (QED) is 0.898. The SMILES string of the molecule is COc1c(C(=O)O)cnn1Cc1cccc(F)c1. The van der Waals surface area contributed by atoms with Crippen LogP contribution in [0.5, 0.6) is 5.88 Å². The average molecular weight is 250 g/mol. The Hall–Kier alpha value is -2.37. The number of methoxy groups -OCH3 is 1. The minimum absolute atomic E-state index is 0.0195. The van der Waals surface area contributed by atoms with Crippen LogP contribution in [0.3, 0.4) is 0 Å². The molecular weight excluding hydrogens is 239 g/mol. The van der Waals surface area contributed by atoms with Gasteiger partial charge in [0.2, 0.25) is 5.88 Å². The number of hydrogen-bond donors (Lipinski definition) is 1. The number of benzene rings is 1. The van der Waals surface area contributed by atoms with Crippen LogP contribution >= 0.6 is 0 Å². The van der Waals surface area contributed by atoms with E-state index >= 15 is 0 Å². The number of halogens is 1. The Bertz CT molecular complexity index is 580. The molecule has 0 aliphatic rings. The van der Waals surface area contributed by atoms with Gasteiger partial charge in [-0.05, 0) is 17.7 Å². The number of carboxylic acids is 1. The lowest BCUT2D eigenvalue weighted by molar-refractivity contribution is 0.0693. The van der Waals surface area contributed by atoms with E-state index in [9.17, 15) is 9.18 Å². The largest absolute Gasteiger partial charge is 0.481 e. The Morgan fingerprint density at radius 3 is 2.94 bits per heavy atom. The van der Waals surface area contributed by atoms with Crippen molar-refractivity contribution in [3.05, 3.63) is 47.4 Å². The summed E-state index contributed by atoms with van der Waals surface area (Å²) in [4.78, 5) is 10.9. The first-order valence-corrected chi connectivity index (χ1v) is 5.19. The molecule has 0 unspecified atom stereocenters. The molecule has 1 heterocycles. The molecule has 0 aliphatic heterocycles. The number of nitrogens with zero attached hydrogens (tertiary/aromatic N) is 2. The summed E-state index contributed by atoms with van der Waals surface area (Å²) in [6, 6.07) is 6.01. The zero-order valence-electron chi connectivity index (χ0n) is 9.63. The summed E-state index contributed by atoms with van der Waals surface area (Å²) in [7, 11) is 1.37. The van der Waals surface area contributed by atoms with E-state index in [-0.39, 0.29) is 23.8 Å². The molecule has 18 heavy (non-hydrogen) atoms. The highest BCUT2D eigenvalue weighted by Crippen LogP contribution is 2.19. The van der Waals surface area contributed by atoms with E-state index < -0.39 is 5.97 Å². The number of aromatic nitrogens is 2. The normalized spacial score (nSPS) is 10.3. The fraction of sp³-hybridized carbons (Fsp3) is 0.167. The third-order valence-electron chi connectivity index (χ3n) is 2.44. The van der Waals surface area contributed by atoms with Gasteiger partial charge in [-0.2, -0.15) is 5.10 Å². The van der Waals surface area contributed by atoms with E-state index in [0.717, 1.165) is 0 Å². The fourth-order valence-electron chi connectivity index (χ4n) is 1.66. The van der Waals surface area contributed by atoms with Crippen molar-refractivity contribution in [3.63, 3.8) is 0 Å². The molecule has 1 aromatic heterocycles. The van der Waals surface area contributed by atoms with Crippen LogP contribution in [-0.4, -0.2) is 28.0 Å². The van der Waals surface area contributed by atoms with Gasteiger partial charge in [0.05, 0.1) is 19.9 Å². The second-order valence-corrected chi connectivity index (χ2v) is 3.66. The van der Waals surface area contributed by atoms with Crippen molar-refractivity contribution < 1.29 is 19.0 Å². The molecule has 0 radical (unpaired) electrons. The molecule has 0 fully saturated rings. The average Bonchev–Trinajstić information content (AvgIpc) is 2.72. The van der Waals surface area contributed by atoms with Gasteiger partial charge in [-0.15, -0.1) is 0 Å². The lowest BCUT2D eigenvalue weighted by Crippen LogP contribution is -2.06. The van der Waals surface area contributed by atoms with Crippen LogP contribution in [0.15, 0.2) is 30.5 Å². The Balaban J connectivity index is 2.32. The van der Waals surface area contributed by atoms with Gasteiger partial charge in [0, 0.05) is 0 Å². The molecule has 6 heteroatoms. The third kappa shape index (κ3) is 2.32. The smallest absolute Gasteiger partial charge is 0.342 e. The summed E-state index contributed by atoms with van der Waals surface area (Å²) in [5.74, 6) is -1.32. The standard InChI is InChI=1S/C12H11FN2O3/c1-18-11-10(12(16)17)6-14-15(11)7-8-3-2-4-9(13)5-8/h2-6H,7H2,1H3,(H,16,17). The number of aromatic carboxylic acids is 1. The fourth-order valence-corrected chi connectivity index (χ4v) is 1.66. The zero-order chi connectivity index (χ0) is 13.1. The minimum atomic E-state index is -1.11. The van der Waals surface area contributed by atoms with Crippen LogP contribution in [0.4, 0.5) is 4.39 Å². The first-order valence-electron chi connectivity index (χ1n) is 5.19. The maximum Gasteiger partial charge on any atom is 0.342 e. The molecule has 0 aliphatic carbocycles. The van der Waals surface area contributed by atoms with E-state index in [4.69, 9.17) is 9.84 Å². The lowest BCUT2D eigenvalue weighted by Gasteiger charge is -2.07. The Morgan fingerprint density at radius 2 is 2.33 bits per heavy atom. The predicted octanol–water partition coefficient (Wildman–Crippen LogP) is 1.78. The van der Waals surface area contributed by atoms with Crippen molar-refractivity contribution >= 4 is 5.97 Å². The van der Waals surface area contributed by atoms with Crippen molar-refractivity contribution in [2.24, 2.45) is 0 Å². The molecule has 1 N–H and O–H groups in total. The molecule has 0 spiro atoms. The zero-order valence-corrected chi connectivity index (χ0v) is 9.63. The second kappa shape index (κ2) is 4.87. The van der Waals surface area contributed by atoms with Gasteiger partial charge < -0.3 is 9.84 Å². The van der Waals surface area contributed by atoms with E-state index in [2.05, 4.69) is 5.10 Å². The van der Waals surface area contributed by atoms with Gasteiger partial charge in [0.1, 0.15) is 11.4 Å². The lowest BCUT2D eigenvalue weighted by atomic mass is 10.2. The van der Waals surface area contributed by atoms with Gasteiger partial charge in [0.15, 0.2) is 0 Å². The first kappa shape index (κ1) is 12.1. The van der Waals surface area contributed by atoms with Crippen LogP contribution in [0, 0.1) is 5.82 Å². The van der Waals surface area contributed by atoms with Crippen LogP contribution in [0.2, 0.25) is 0 Å². The summed E-state index contributed by atoms with van der Waals surface area (Å²) in [6.45, 7) is 0.244. The molecule has 1 aromatic carbocycles. The molecule has 94 valence electrons. The Morgan fingerprint density at radius 1 is 1.56 bits per heavy atom. The van der Waals surface area contributed by atoms with Crippen molar-refractivity contribution in [3.8, 4) is 5.88 Å². The number of rotatable bonds is 4. The van der Waals surface area contributed by atoms with Crippen LogP contribution in [0.1, 0.15) is 15.9 Å². The maximum atomic E-state index is 13.0. The van der Waals surface area contributed by atoms with Crippen molar-refractivity contribution in [1.82, 2.24) is 9.78 Å². The molecular formula is C12H11FN2O3. The van der Waals surface area contributed by atoms with Gasteiger partial charge in [-0.25, -0.2) is 13.9 Å². The van der Waals surface area contributed by atoms with Gasteiger partial charge in [0.25, 0.3) is 0 Å². The van der Waals surface area contributed by atoms with Crippen molar-refractivity contribution in [2.75, 3.05) is 7.11 Å². The summed E-state index contributed by atoms with van der Waals surface area (Å²) in [5.41, 5.74) is 0.655. The van der Waals surface area contributed by atoms with Gasteiger partial charge >= 0.3 is 5.97 Å². The van der Waals surface area contributed by atoms with E-state index in [0.29, 0.717) is 5.56 Å². The maximum absolute atomic E-state index is 13.0. The number of hydrogen-bond acceptors (Lipinski definition) is 3. The Labute approximate surface area is 102 Å². The van der Waals surface area contributed by atoms with E-state index in [1.165, 1.54) is 30.1 Å². The van der Waals surface area contributed by atoms with E-state index in [1.54, 1.807) is 12.1 Å². The Kier molecular flexibility index (Phi) is 3.27. The molecule has 0 amide bonds. The van der Waals surface area contributed by atoms with E-state index in [1.807, 2.05) is 0 Å². The summed E-state index contributed by atoms with van der Waals surface area (Å²) >= 11 is 0. The molecule has 0 atom stereocenters. The predicted molar refractivity (Wildman–Crippen MR) is 61.2 cm³/mol. The van der Waals surface area contributed by atoms with Gasteiger partial charge in [-0.1, -0.05) is 12.1 Å². The molecule has 2 rings (SSSR count). The molecule has 0 saturated heterocycles. The third-order valence-corrected chi connectivity index (χ3v) is 2.44. The van der Waals surface area contributed by atoms with Crippen molar-refractivity contribution in [2.45, 2.75) is 6.54 Å². The van der Waals surface area contributed by atoms with Crippen LogP contribution in [-0.2, 0) is 6.54 Å².